The highest BCUT2D eigenvalue weighted by Crippen LogP contribution is 2.33. The Morgan fingerprint density at radius 1 is 1.25 bits per heavy atom. The summed E-state index contributed by atoms with van der Waals surface area (Å²) >= 11 is 0. The first kappa shape index (κ1) is 15.3. The van der Waals surface area contributed by atoms with E-state index in [2.05, 4.69) is 12.2 Å². The number of hydrogen-bond donors (Lipinski definition) is 1. The van der Waals surface area contributed by atoms with Gasteiger partial charge < -0.3 is 10.1 Å². The summed E-state index contributed by atoms with van der Waals surface area (Å²) in [6.07, 6.45) is 6.01. The van der Waals surface area contributed by atoms with Crippen LogP contribution in [0.2, 0.25) is 0 Å². The minimum absolute atomic E-state index is 0.172. The van der Waals surface area contributed by atoms with Crippen molar-refractivity contribution in [2.75, 3.05) is 6.54 Å². The monoisotopic (exact) mass is 279 g/mol. The molecule has 0 heterocycles. The quantitative estimate of drug-likeness (QED) is 0.839. The van der Waals surface area contributed by atoms with Gasteiger partial charge in [0.1, 0.15) is 6.10 Å². The van der Waals surface area contributed by atoms with Crippen molar-refractivity contribution in [1.29, 1.82) is 0 Å². The minimum atomic E-state index is -0.235. The Bertz CT molecular complexity index is 421. The van der Waals surface area contributed by atoms with Crippen molar-refractivity contribution in [2.45, 2.75) is 58.6 Å². The Labute approximate surface area is 121 Å². The first-order valence-corrected chi connectivity index (χ1v) is 7.91. The molecule has 1 aliphatic rings. The zero-order chi connectivity index (χ0) is 14.4. The molecule has 112 valence electrons. The van der Waals surface area contributed by atoms with Crippen LogP contribution >= 0.6 is 0 Å². The van der Waals surface area contributed by atoms with Gasteiger partial charge in [-0.05, 0) is 44.2 Å². The summed E-state index contributed by atoms with van der Waals surface area (Å²) in [5.74, 6) is 0.787. The molecule has 2 unspecified atom stereocenters. The molecule has 0 bridgehead atoms. The molecule has 1 fully saturated rings. The predicted octanol–water partition coefficient (Wildman–Crippen LogP) is 4.28. The number of para-hydroxylation sites is 1. The molecule has 1 aromatic carbocycles. The molecular weight excluding hydrogens is 253 g/mol. The van der Waals surface area contributed by atoms with Crippen LogP contribution in [0.5, 0.6) is 5.75 Å². The molecular formula is C17H26FNO. The highest BCUT2D eigenvalue weighted by molar-refractivity contribution is 5.35. The topological polar surface area (TPSA) is 21.3 Å². The Balaban J connectivity index is 2.14. The average Bonchev–Trinajstić information content (AvgIpc) is 2.48. The lowest BCUT2D eigenvalue weighted by Gasteiger charge is -2.32. The molecule has 1 aromatic rings. The molecule has 1 saturated carbocycles. The molecule has 2 rings (SSSR count). The second kappa shape index (κ2) is 7.63. The smallest absolute Gasteiger partial charge is 0.165 e. The number of ether oxygens (including phenoxy) is 1. The second-order valence-electron chi connectivity index (χ2n) is 5.62. The van der Waals surface area contributed by atoms with Gasteiger partial charge in [0, 0.05) is 12.1 Å². The summed E-state index contributed by atoms with van der Waals surface area (Å²) in [7, 11) is 0. The highest BCUT2D eigenvalue weighted by atomic mass is 19.1. The lowest BCUT2D eigenvalue weighted by Crippen LogP contribution is -2.30. The van der Waals surface area contributed by atoms with Gasteiger partial charge in [0.25, 0.3) is 0 Å². The van der Waals surface area contributed by atoms with Crippen LogP contribution in [0.1, 0.15) is 51.5 Å². The molecule has 0 amide bonds. The van der Waals surface area contributed by atoms with Crippen molar-refractivity contribution < 1.29 is 9.13 Å². The van der Waals surface area contributed by atoms with E-state index < -0.39 is 0 Å². The molecule has 0 aromatic heterocycles. The van der Waals surface area contributed by atoms with Gasteiger partial charge in [-0.3, -0.25) is 0 Å². The van der Waals surface area contributed by atoms with E-state index in [0.717, 1.165) is 24.9 Å². The molecule has 2 nitrogen and oxygen atoms in total. The van der Waals surface area contributed by atoms with Crippen molar-refractivity contribution in [3.05, 3.63) is 29.6 Å². The van der Waals surface area contributed by atoms with E-state index in [4.69, 9.17) is 4.74 Å². The van der Waals surface area contributed by atoms with Crippen LogP contribution in [0.4, 0.5) is 4.39 Å². The fourth-order valence-electron chi connectivity index (χ4n) is 3.03. The Morgan fingerprint density at radius 2 is 2.05 bits per heavy atom. The largest absolute Gasteiger partial charge is 0.487 e. The van der Waals surface area contributed by atoms with Crippen LogP contribution < -0.4 is 10.1 Å². The third-order valence-corrected chi connectivity index (χ3v) is 4.25. The van der Waals surface area contributed by atoms with Gasteiger partial charge in [0.05, 0.1) is 0 Å². The Kier molecular flexibility index (Phi) is 5.84. The summed E-state index contributed by atoms with van der Waals surface area (Å²) in [6.45, 7) is 5.78. The van der Waals surface area contributed by atoms with E-state index in [-0.39, 0.29) is 11.9 Å². The first-order valence-electron chi connectivity index (χ1n) is 7.91. The summed E-state index contributed by atoms with van der Waals surface area (Å²) in [4.78, 5) is 0. The molecule has 0 aliphatic heterocycles. The van der Waals surface area contributed by atoms with E-state index in [1.807, 2.05) is 13.0 Å². The molecule has 0 saturated heterocycles. The minimum Gasteiger partial charge on any atom is -0.487 e. The van der Waals surface area contributed by atoms with Crippen LogP contribution in [0, 0.1) is 11.7 Å². The van der Waals surface area contributed by atoms with Gasteiger partial charge in [-0.15, -0.1) is 0 Å². The van der Waals surface area contributed by atoms with Gasteiger partial charge in [-0.2, -0.15) is 0 Å². The van der Waals surface area contributed by atoms with Gasteiger partial charge in [0.15, 0.2) is 11.6 Å². The van der Waals surface area contributed by atoms with Gasteiger partial charge in [-0.1, -0.05) is 32.4 Å². The highest BCUT2D eigenvalue weighted by Gasteiger charge is 2.26. The Morgan fingerprint density at radius 3 is 2.80 bits per heavy atom. The van der Waals surface area contributed by atoms with Crippen LogP contribution in [-0.2, 0) is 6.54 Å². The number of benzene rings is 1. The van der Waals surface area contributed by atoms with Crippen molar-refractivity contribution in [3.63, 3.8) is 0 Å². The lowest BCUT2D eigenvalue weighted by atomic mass is 9.84. The predicted molar refractivity (Wildman–Crippen MR) is 80.4 cm³/mol. The van der Waals surface area contributed by atoms with E-state index in [9.17, 15) is 4.39 Å². The van der Waals surface area contributed by atoms with E-state index in [0.29, 0.717) is 18.2 Å². The summed E-state index contributed by atoms with van der Waals surface area (Å²) < 4.78 is 20.2. The van der Waals surface area contributed by atoms with Crippen LogP contribution in [0.25, 0.3) is 0 Å². The van der Waals surface area contributed by atoms with Gasteiger partial charge in [0.2, 0.25) is 0 Å². The first-order chi connectivity index (χ1) is 9.76. The second-order valence-corrected chi connectivity index (χ2v) is 5.62. The molecule has 1 N–H and O–H groups in total. The molecule has 20 heavy (non-hydrogen) atoms. The van der Waals surface area contributed by atoms with E-state index in [1.165, 1.54) is 25.3 Å². The van der Waals surface area contributed by atoms with Crippen molar-refractivity contribution in [3.8, 4) is 5.75 Å². The standard InChI is InChI=1S/C17H26FNO/c1-3-13-8-5-6-11-16(13)20-17-14(12-19-4-2)9-7-10-15(17)18/h7,9-10,13,16,19H,3-6,8,11-12H2,1-2H3. The zero-order valence-corrected chi connectivity index (χ0v) is 12.6. The summed E-state index contributed by atoms with van der Waals surface area (Å²) in [5, 5.41) is 3.25. The van der Waals surface area contributed by atoms with Crippen LogP contribution in [0.15, 0.2) is 18.2 Å². The maximum atomic E-state index is 14.1. The number of rotatable bonds is 6. The van der Waals surface area contributed by atoms with Crippen LogP contribution in [0.3, 0.4) is 0 Å². The van der Waals surface area contributed by atoms with Crippen molar-refractivity contribution in [2.24, 2.45) is 5.92 Å². The number of halogens is 1. The fourth-order valence-corrected chi connectivity index (χ4v) is 3.03. The third-order valence-electron chi connectivity index (χ3n) is 4.25. The van der Waals surface area contributed by atoms with Crippen LogP contribution in [-0.4, -0.2) is 12.6 Å². The van der Waals surface area contributed by atoms with Crippen molar-refractivity contribution >= 4 is 0 Å². The maximum absolute atomic E-state index is 14.1. The molecule has 0 radical (unpaired) electrons. The van der Waals surface area contributed by atoms with Gasteiger partial charge in [-0.25, -0.2) is 4.39 Å². The zero-order valence-electron chi connectivity index (χ0n) is 12.6. The lowest BCUT2D eigenvalue weighted by molar-refractivity contribution is 0.0851. The molecule has 1 aliphatic carbocycles. The molecule has 3 heteroatoms. The Hall–Kier alpha value is -1.09. The average molecular weight is 279 g/mol. The number of nitrogens with one attached hydrogen (secondary N) is 1. The normalized spacial score (nSPS) is 22.8. The SMILES string of the molecule is CCNCc1cccc(F)c1OC1CCCCC1CC. The van der Waals surface area contributed by atoms with E-state index in [1.54, 1.807) is 6.07 Å². The fraction of sp³-hybridized carbons (Fsp3) is 0.647. The van der Waals surface area contributed by atoms with Gasteiger partial charge >= 0.3 is 0 Å². The molecule has 2 atom stereocenters. The summed E-state index contributed by atoms with van der Waals surface area (Å²) in [6, 6.07) is 5.20. The maximum Gasteiger partial charge on any atom is 0.165 e. The van der Waals surface area contributed by atoms with E-state index >= 15 is 0 Å². The number of hydrogen-bond acceptors (Lipinski definition) is 2. The third kappa shape index (κ3) is 3.72. The molecule has 0 spiro atoms. The summed E-state index contributed by atoms with van der Waals surface area (Å²) in [5.41, 5.74) is 0.923. The van der Waals surface area contributed by atoms with Crippen molar-refractivity contribution in [1.82, 2.24) is 5.32 Å².